The molecule has 0 spiro atoms. The van der Waals surface area contributed by atoms with Gasteiger partial charge < -0.3 is 5.11 Å². The maximum atomic E-state index is 12.5. The third kappa shape index (κ3) is 3.19. The maximum Gasteiger partial charge on any atom is 0.241 e. The van der Waals surface area contributed by atoms with Crippen molar-refractivity contribution < 1.29 is 13.5 Å². The van der Waals surface area contributed by atoms with Gasteiger partial charge in [0.15, 0.2) is 0 Å². The van der Waals surface area contributed by atoms with E-state index < -0.39 is 10.0 Å². The standard InChI is InChI=1S/C14H21NO3S2/c1-10-11(9-16)5-3-8-14(10)20(17,18)15-12-6-4-7-13(12)19-2/h3,5,8,12-13,15-16H,4,6-7,9H2,1-2H3. The molecule has 1 fully saturated rings. The van der Waals surface area contributed by atoms with Gasteiger partial charge in [0.25, 0.3) is 0 Å². The van der Waals surface area contributed by atoms with E-state index in [9.17, 15) is 13.5 Å². The molecule has 112 valence electrons. The predicted molar refractivity (Wildman–Crippen MR) is 82.4 cm³/mol. The number of aliphatic hydroxyl groups is 1. The maximum absolute atomic E-state index is 12.5. The Balaban J connectivity index is 2.27. The molecule has 2 atom stereocenters. The van der Waals surface area contributed by atoms with Crippen molar-refractivity contribution in [1.82, 2.24) is 4.72 Å². The van der Waals surface area contributed by atoms with E-state index in [1.54, 1.807) is 36.9 Å². The number of nitrogens with one attached hydrogen (secondary N) is 1. The van der Waals surface area contributed by atoms with Crippen LogP contribution in [-0.4, -0.2) is 31.1 Å². The van der Waals surface area contributed by atoms with Crippen LogP contribution in [0.15, 0.2) is 23.1 Å². The summed E-state index contributed by atoms with van der Waals surface area (Å²) in [5.74, 6) is 0. The lowest BCUT2D eigenvalue weighted by Gasteiger charge is -2.20. The zero-order valence-corrected chi connectivity index (χ0v) is 13.4. The first-order chi connectivity index (χ1) is 9.49. The highest BCUT2D eigenvalue weighted by molar-refractivity contribution is 7.99. The highest BCUT2D eigenvalue weighted by Gasteiger charge is 2.31. The first-order valence-electron chi connectivity index (χ1n) is 6.74. The number of rotatable bonds is 5. The monoisotopic (exact) mass is 315 g/mol. The quantitative estimate of drug-likeness (QED) is 0.873. The summed E-state index contributed by atoms with van der Waals surface area (Å²) >= 11 is 1.72. The van der Waals surface area contributed by atoms with E-state index in [-0.39, 0.29) is 17.5 Å². The second-order valence-corrected chi connectivity index (χ2v) is 7.89. The lowest BCUT2D eigenvalue weighted by atomic mass is 10.1. The van der Waals surface area contributed by atoms with Crippen LogP contribution in [0, 0.1) is 6.92 Å². The summed E-state index contributed by atoms with van der Waals surface area (Å²) < 4.78 is 27.9. The van der Waals surface area contributed by atoms with E-state index in [2.05, 4.69) is 4.72 Å². The molecule has 0 saturated heterocycles. The first kappa shape index (κ1) is 15.8. The number of benzene rings is 1. The van der Waals surface area contributed by atoms with Gasteiger partial charge in [-0.25, -0.2) is 13.1 Å². The zero-order valence-electron chi connectivity index (χ0n) is 11.8. The first-order valence-corrected chi connectivity index (χ1v) is 9.51. The van der Waals surface area contributed by atoms with Crippen molar-refractivity contribution in [2.75, 3.05) is 6.26 Å². The van der Waals surface area contributed by atoms with Gasteiger partial charge in [0.2, 0.25) is 10.0 Å². The molecule has 0 heterocycles. The van der Waals surface area contributed by atoms with E-state index in [4.69, 9.17) is 0 Å². The van der Waals surface area contributed by atoms with E-state index in [1.807, 2.05) is 6.26 Å². The Morgan fingerprint density at radius 2 is 2.15 bits per heavy atom. The molecule has 6 heteroatoms. The smallest absolute Gasteiger partial charge is 0.241 e. The van der Waals surface area contributed by atoms with Crippen molar-refractivity contribution in [1.29, 1.82) is 0 Å². The molecule has 0 aliphatic heterocycles. The van der Waals surface area contributed by atoms with Crippen molar-refractivity contribution in [2.24, 2.45) is 0 Å². The molecule has 4 nitrogen and oxygen atoms in total. The fourth-order valence-corrected chi connectivity index (χ4v) is 5.35. The SMILES string of the molecule is CSC1CCCC1NS(=O)(=O)c1cccc(CO)c1C. The van der Waals surface area contributed by atoms with Gasteiger partial charge in [0.05, 0.1) is 11.5 Å². The minimum atomic E-state index is -3.52. The van der Waals surface area contributed by atoms with E-state index in [1.165, 1.54) is 0 Å². The number of thioether (sulfide) groups is 1. The average Bonchev–Trinajstić information content (AvgIpc) is 2.85. The summed E-state index contributed by atoms with van der Waals surface area (Å²) in [5.41, 5.74) is 1.28. The second kappa shape index (κ2) is 6.47. The fourth-order valence-electron chi connectivity index (χ4n) is 2.73. The molecular formula is C14H21NO3S2. The van der Waals surface area contributed by atoms with E-state index in [0.717, 1.165) is 19.3 Å². The molecule has 1 saturated carbocycles. The zero-order chi connectivity index (χ0) is 14.8. The Morgan fingerprint density at radius 1 is 1.40 bits per heavy atom. The molecule has 1 aromatic carbocycles. The molecule has 1 aromatic rings. The molecule has 0 radical (unpaired) electrons. The third-order valence-electron chi connectivity index (χ3n) is 3.92. The summed E-state index contributed by atoms with van der Waals surface area (Å²) in [6.07, 6.45) is 5.04. The number of sulfonamides is 1. The largest absolute Gasteiger partial charge is 0.392 e. The number of hydrogen-bond acceptors (Lipinski definition) is 4. The Labute approximate surface area is 125 Å². The molecule has 1 aliphatic rings. The van der Waals surface area contributed by atoms with Crippen LogP contribution in [0.3, 0.4) is 0 Å². The van der Waals surface area contributed by atoms with Crippen LogP contribution in [0.25, 0.3) is 0 Å². The molecule has 0 aromatic heterocycles. The van der Waals surface area contributed by atoms with E-state index in [0.29, 0.717) is 16.4 Å². The lowest BCUT2D eigenvalue weighted by Crippen LogP contribution is -2.38. The number of hydrogen-bond donors (Lipinski definition) is 2. The van der Waals surface area contributed by atoms with Crippen molar-refractivity contribution in [3.05, 3.63) is 29.3 Å². The molecule has 20 heavy (non-hydrogen) atoms. The normalized spacial score (nSPS) is 23.1. The van der Waals surface area contributed by atoms with Gasteiger partial charge in [-0.3, -0.25) is 0 Å². The fraction of sp³-hybridized carbons (Fsp3) is 0.571. The molecule has 2 unspecified atom stereocenters. The molecule has 2 rings (SSSR count). The van der Waals surface area contributed by atoms with Gasteiger partial charge in [-0.2, -0.15) is 11.8 Å². The molecule has 0 amide bonds. The second-order valence-electron chi connectivity index (χ2n) is 5.13. The highest BCUT2D eigenvalue weighted by Crippen LogP contribution is 2.30. The third-order valence-corrected chi connectivity index (χ3v) is 6.72. The summed E-state index contributed by atoms with van der Waals surface area (Å²) in [7, 11) is -3.52. The number of aliphatic hydroxyl groups excluding tert-OH is 1. The van der Waals surface area contributed by atoms with Crippen LogP contribution in [0.2, 0.25) is 0 Å². The average molecular weight is 315 g/mol. The van der Waals surface area contributed by atoms with Crippen molar-refractivity contribution in [3.8, 4) is 0 Å². The van der Waals surface area contributed by atoms with Crippen LogP contribution in [0.4, 0.5) is 0 Å². The van der Waals surface area contributed by atoms with Gasteiger partial charge in [0.1, 0.15) is 0 Å². The van der Waals surface area contributed by atoms with Gasteiger partial charge in [-0.1, -0.05) is 18.6 Å². The van der Waals surface area contributed by atoms with Crippen molar-refractivity contribution in [2.45, 2.75) is 49.0 Å². The Bertz CT molecular complexity index is 572. The predicted octanol–water partition coefficient (Wildman–Crippen LogP) is 2.05. The van der Waals surface area contributed by atoms with Gasteiger partial charge in [0, 0.05) is 11.3 Å². The summed E-state index contributed by atoms with van der Waals surface area (Å²) in [6.45, 7) is 1.59. The minimum absolute atomic E-state index is 0.00665. The Kier molecular flexibility index (Phi) is 5.12. The van der Waals surface area contributed by atoms with Gasteiger partial charge >= 0.3 is 0 Å². The Hall–Kier alpha value is -0.560. The van der Waals surface area contributed by atoms with Crippen molar-refractivity contribution >= 4 is 21.8 Å². The lowest BCUT2D eigenvalue weighted by molar-refractivity contribution is 0.280. The summed E-state index contributed by atoms with van der Waals surface area (Å²) in [6, 6.07) is 5.02. The molecule has 2 N–H and O–H groups in total. The van der Waals surface area contributed by atoms with Gasteiger partial charge in [-0.05, 0) is 43.2 Å². The minimum Gasteiger partial charge on any atom is -0.392 e. The van der Waals surface area contributed by atoms with Crippen molar-refractivity contribution in [3.63, 3.8) is 0 Å². The summed E-state index contributed by atoms with van der Waals surface area (Å²) in [4.78, 5) is 0.274. The highest BCUT2D eigenvalue weighted by atomic mass is 32.2. The Morgan fingerprint density at radius 3 is 2.80 bits per heavy atom. The van der Waals surface area contributed by atoms with Crippen LogP contribution >= 0.6 is 11.8 Å². The van der Waals surface area contributed by atoms with Crippen LogP contribution in [0.1, 0.15) is 30.4 Å². The topological polar surface area (TPSA) is 66.4 Å². The van der Waals surface area contributed by atoms with Crippen LogP contribution < -0.4 is 4.72 Å². The van der Waals surface area contributed by atoms with Crippen LogP contribution in [-0.2, 0) is 16.6 Å². The summed E-state index contributed by atoms with van der Waals surface area (Å²) in [5, 5.41) is 9.61. The molecule has 1 aliphatic carbocycles. The molecular weight excluding hydrogens is 294 g/mol. The van der Waals surface area contributed by atoms with Crippen LogP contribution in [0.5, 0.6) is 0 Å². The molecule has 0 bridgehead atoms. The van der Waals surface area contributed by atoms with E-state index >= 15 is 0 Å². The van der Waals surface area contributed by atoms with Gasteiger partial charge in [-0.15, -0.1) is 0 Å².